The SMILES string of the molecule is O=C(c1cc(Cl)ncc1Cl)N1CC=CC1. The Morgan fingerprint density at radius 3 is 2.67 bits per heavy atom. The van der Waals surface area contributed by atoms with Gasteiger partial charge in [-0.15, -0.1) is 0 Å². The third-order valence-electron chi connectivity index (χ3n) is 2.16. The number of pyridine rings is 1. The van der Waals surface area contributed by atoms with Gasteiger partial charge in [0.1, 0.15) is 5.15 Å². The summed E-state index contributed by atoms with van der Waals surface area (Å²) in [7, 11) is 0. The van der Waals surface area contributed by atoms with E-state index in [0.29, 0.717) is 23.7 Å². The van der Waals surface area contributed by atoms with Gasteiger partial charge in [0.05, 0.1) is 10.6 Å². The van der Waals surface area contributed by atoms with E-state index in [1.807, 2.05) is 12.2 Å². The molecule has 2 heterocycles. The minimum Gasteiger partial charge on any atom is -0.331 e. The van der Waals surface area contributed by atoms with Crippen LogP contribution in [0, 0.1) is 0 Å². The molecular formula is C10H8Cl2N2O. The second kappa shape index (κ2) is 4.21. The second-order valence-electron chi connectivity index (χ2n) is 3.17. The minimum atomic E-state index is -0.116. The van der Waals surface area contributed by atoms with Crippen LogP contribution in [-0.2, 0) is 0 Å². The molecule has 0 radical (unpaired) electrons. The molecule has 0 aromatic carbocycles. The Bertz CT molecular complexity index is 423. The van der Waals surface area contributed by atoms with Gasteiger partial charge in [0.15, 0.2) is 0 Å². The average molecular weight is 243 g/mol. The lowest BCUT2D eigenvalue weighted by Gasteiger charge is -2.15. The highest BCUT2D eigenvalue weighted by Gasteiger charge is 2.19. The first-order valence-electron chi connectivity index (χ1n) is 4.44. The molecule has 0 atom stereocenters. The number of rotatable bonds is 1. The summed E-state index contributed by atoms with van der Waals surface area (Å²) in [5.41, 5.74) is 0.403. The van der Waals surface area contributed by atoms with Crippen LogP contribution < -0.4 is 0 Å². The van der Waals surface area contributed by atoms with Crippen molar-refractivity contribution in [1.29, 1.82) is 0 Å². The fraction of sp³-hybridized carbons (Fsp3) is 0.200. The molecule has 3 nitrogen and oxygen atoms in total. The third-order valence-corrected chi connectivity index (χ3v) is 2.67. The summed E-state index contributed by atoms with van der Waals surface area (Å²) >= 11 is 11.6. The van der Waals surface area contributed by atoms with Crippen molar-refractivity contribution in [2.24, 2.45) is 0 Å². The molecule has 0 N–H and O–H groups in total. The van der Waals surface area contributed by atoms with Crippen molar-refractivity contribution in [3.63, 3.8) is 0 Å². The Kier molecular flexibility index (Phi) is 2.93. The van der Waals surface area contributed by atoms with Crippen LogP contribution in [-0.4, -0.2) is 28.9 Å². The summed E-state index contributed by atoms with van der Waals surface area (Å²) in [5.74, 6) is -0.116. The minimum absolute atomic E-state index is 0.116. The highest BCUT2D eigenvalue weighted by molar-refractivity contribution is 6.35. The van der Waals surface area contributed by atoms with Crippen molar-refractivity contribution in [2.75, 3.05) is 13.1 Å². The van der Waals surface area contributed by atoms with Crippen LogP contribution >= 0.6 is 23.2 Å². The lowest BCUT2D eigenvalue weighted by Crippen LogP contribution is -2.28. The van der Waals surface area contributed by atoms with E-state index >= 15 is 0 Å². The van der Waals surface area contributed by atoms with E-state index in [0.717, 1.165) is 0 Å². The maximum Gasteiger partial charge on any atom is 0.256 e. The monoisotopic (exact) mass is 242 g/mol. The Balaban J connectivity index is 2.28. The number of halogens is 2. The molecule has 1 aromatic rings. The van der Waals surface area contributed by atoms with Crippen LogP contribution in [0.4, 0.5) is 0 Å². The van der Waals surface area contributed by atoms with E-state index in [1.165, 1.54) is 12.3 Å². The van der Waals surface area contributed by atoms with Gasteiger partial charge in [-0.05, 0) is 6.07 Å². The summed E-state index contributed by atoms with van der Waals surface area (Å²) in [4.78, 5) is 17.4. The van der Waals surface area contributed by atoms with E-state index in [2.05, 4.69) is 4.98 Å². The van der Waals surface area contributed by atoms with Crippen LogP contribution in [0.3, 0.4) is 0 Å². The lowest BCUT2D eigenvalue weighted by molar-refractivity contribution is 0.0800. The fourth-order valence-electron chi connectivity index (χ4n) is 1.39. The summed E-state index contributed by atoms with van der Waals surface area (Å²) in [5, 5.41) is 0.603. The summed E-state index contributed by atoms with van der Waals surface area (Å²) in [6.45, 7) is 1.24. The summed E-state index contributed by atoms with van der Waals surface area (Å²) in [6.07, 6.45) is 5.27. The molecule has 0 aliphatic carbocycles. The Morgan fingerprint density at radius 1 is 1.33 bits per heavy atom. The van der Waals surface area contributed by atoms with Gasteiger partial charge in [0.2, 0.25) is 0 Å². The number of carbonyl (C=O) groups is 1. The predicted octanol–water partition coefficient (Wildman–Crippen LogP) is 2.40. The van der Waals surface area contributed by atoms with Gasteiger partial charge >= 0.3 is 0 Å². The highest BCUT2D eigenvalue weighted by Crippen LogP contribution is 2.20. The maximum atomic E-state index is 11.9. The van der Waals surface area contributed by atoms with Gasteiger partial charge in [-0.25, -0.2) is 4.98 Å². The zero-order chi connectivity index (χ0) is 10.8. The molecular weight excluding hydrogens is 235 g/mol. The maximum absolute atomic E-state index is 11.9. The smallest absolute Gasteiger partial charge is 0.256 e. The van der Waals surface area contributed by atoms with Crippen molar-refractivity contribution in [3.8, 4) is 0 Å². The molecule has 5 heteroatoms. The van der Waals surface area contributed by atoms with E-state index in [4.69, 9.17) is 23.2 Å². The topological polar surface area (TPSA) is 33.2 Å². The van der Waals surface area contributed by atoms with E-state index in [-0.39, 0.29) is 11.1 Å². The van der Waals surface area contributed by atoms with Crippen LogP contribution in [0.5, 0.6) is 0 Å². The van der Waals surface area contributed by atoms with Gasteiger partial charge in [-0.2, -0.15) is 0 Å². The molecule has 15 heavy (non-hydrogen) atoms. The van der Waals surface area contributed by atoms with Crippen molar-refractivity contribution < 1.29 is 4.79 Å². The number of hydrogen-bond acceptors (Lipinski definition) is 2. The molecule has 1 aromatic heterocycles. The standard InChI is InChI=1S/C10H8Cl2N2O/c11-8-6-13-9(12)5-7(8)10(15)14-3-1-2-4-14/h1-2,5-6H,3-4H2. The molecule has 0 spiro atoms. The molecule has 0 bridgehead atoms. The molecule has 1 aliphatic heterocycles. The first-order valence-corrected chi connectivity index (χ1v) is 5.19. The van der Waals surface area contributed by atoms with Gasteiger partial charge in [-0.1, -0.05) is 35.4 Å². The van der Waals surface area contributed by atoms with Crippen molar-refractivity contribution in [3.05, 3.63) is 40.2 Å². The normalized spacial score (nSPS) is 14.7. The molecule has 1 aliphatic rings. The Labute approximate surface area is 97.3 Å². The molecule has 78 valence electrons. The molecule has 0 saturated heterocycles. The van der Waals surface area contributed by atoms with Gasteiger partial charge < -0.3 is 4.90 Å². The Morgan fingerprint density at radius 2 is 2.00 bits per heavy atom. The van der Waals surface area contributed by atoms with E-state index in [1.54, 1.807) is 4.90 Å². The molecule has 0 fully saturated rings. The number of nitrogens with zero attached hydrogens (tertiary/aromatic N) is 2. The number of carbonyl (C=O) groups excluding carboxylic acids is 1. The van der Waals surface area contributed by atoms with Crippen molar-refractivity contribution in [1.82, 2.24) is 9.88 Å². The van der Waals surface area contributed by atoms with Crippen LogP contribution in [0.1, 0.15) is 10.4 Å². The summed E-state index contributed by atoms with van der Waals surface area (Å²) in [6, 6.07) is 1.49. The molecule has 0 unspecified atom stereocenters. The van der Waals surface area contributed by atoms with Crippen LogP contribution in [0.15, 0.2) is 24.4 Å². The van der Waals surface area contributed by atoms with E-state index in [9.17, 15) is 4.79 Å². The first-order chi connectivity index (χ1) is 7.18. The van der Waals surface area contributed by atoms with E-state index < -0.39 is 0 Å². The first kappa shape index (κ1) is 10.5. The predicted molar refractivity (Wildman–Crippen MR) is 59.3 cm³/mol. The number of amides is 1. The van der Waals surface area contributed by atoms with Gasteiger partial charge in [0.25, 0.3) is 5.91 Å². The van der Waals surface area contributed by atoms with Crippen LogP contribution in [0.2, 0.25) is 10.2 Å². The largest absolute Gasteiger partial charge is 0.331 e. The van der Waals surface area contributed by atoms with Crippen LogP contribution in [0.25, 0.3) is 0 Å². The highest BCUT2D eigenvalue weighted by atomic mass is 35.5. The third kappa shape index (κ3) is 2.13. The van der Waals surface area contributed by atoms with Crippen molar-refractivity contribution >= 4 is 29.1 Å². The van der Waals surface area contributed by atoms with Crippen molar-refractivity contribution in [2.45, 2.75) is 0 Å². The van der Waals surface area contributed by atoms with Gasteiger partial charge in [0, 0.05) is 19.3 Å². The zero-order valence-corrected chi connectivity index (χ0v) is 9.29. The molecule has 1 amide bonds. The summed E-state index contributed by atoms with van der Waals surface area (Å²) < 4.78 is 0. The number of hydrogen-bond donors (Lipinski definition) is 0. The zero-order valence-electron chi connectivity index (χ0n) is 7.78. The Hall–Kier alpha value is -1.06. The second-order valence-corrected chi connectivity index (χ2v) is 3.96. The average Bonchev–Trinajstić information content (AvgIpc) is 2.74. The lowest BCUT2D eigenvalue weighted by atomic mass is 10.2. The fourth-order valence-corrected chi connectivity index (χ4v) is 1.73. The number of aromatic nitrogens is 1. The molecule has 2 rings (SSSR count). The van der Waals surface area contributed by atoms with Gasteiger partial charge in [-0.3, -0.25) is 4.79 Å². The molecule has 0 saturated carbocycles. The quantitative estimate of drug-likeness (QED) is 0.560.